The van der Waals surface area contributed by atoms with Crippen LogP contribution in [0.3, 0.4) is 0 Å². The number of fused-ring (bicyclic) bond motifs is 1. The Morgan fingerprint density at radius 3 is 2.64 bits per heavy atom. The second-order valence-electron chi connectivity index (χ2n) is 5.76. The first-order chi connectivity index (χ1) is 12.0. The van der Waals surface area contributed by atoms with Gasteiger partial charge in [0.05, 0.1) is 32.1 Å². The lowest BCUT2D eigenvalue weighted by atomic mass is 10.1. The lowest BCUT2D eigenvalue weighted by Gasteiger charge is -2.28. The lowest BCUT2D eigenvalue weighted by Crippen LogP contribution is -2.38. The molecule has 0 atom stereocenters. The van der Waals surface area contributed by atoms with Crippen LogP contribution in [0.4, 0.5) is 5.69 Å². The Bertz CT molecular complexity index is 797. The molecule has 25 heavy (non-hydrogen) atoms. The van der Waals surface area contributed by atoms with Crippen LogP contribution in [0.2, 0.25) is 0 Å². The van der Waals surface area contributed by atoms with E-state index in [1.165, 1.54) is 11.0 Å². The lowest BCUT2D eigenvalue weighted by molar-refractivity contribution is -0.113. The maximum absolute atomic E-state index is 12.8. The summed E-state index contributed by atoms with van der Waals surface area (Å²) in [6.07, 6.45) is 2.92. The largest absolute Gasteiger partial charge is 0.493 e. The number of hydrogen-bond acceptors (Lipinski definition) is 4. The van der Waals surface area contributed by atoms with E-state index in [1.807, 2.05) is 4.68 Å². The number of benzene rings is 1. The van der Waals surface area contributed by atoms with Crippen molar-refractivity contribution in [3.63, 3.8) is 0 Å². The van der Waals surface area contributed by atoms with Crippen LogP contribution in [0, 0.1) is 0 Å². The van der Waals surface area contributed by atoms with Crippen molar-refractivity contribution < 1.29 is 14.3 Å². The quantitative estimate of drug-likeness (QED) is 0.795. The van der Waals surface area contributed by atoms with E-state index < -0.39 is 0 Å². The summed E-state index contributed by atoms with van der Waals surface area (Å²) in [5, 5.41) is 4.26. The highest BCUT2D eigenvalue weighted by atomic mass is 16.5. The standard InChI is InChI=1S/C18H20N4O3/c1-4-17(23)20(2)14-7-5-13(6-8-14)18(24)21-9-10-22-15(12-21)16(25-3)11-19-22/h4-8,11H,1,9-10,12H2,2-3H3. The van der Waals surface area contributed by atoms with Gasteiger partial charge in [-0.1, -0.05) is 6.58 Å². The van der Waals surface area contributed by atoms with E-state index in [0.717, 1.165) is 5.69 Å². The Balaban J connectivity index is 1.75. The molecule has 2 aromatic rings. The minimum absolute atomic E-state index is 0.0567. The minimum atomic E-state index is -0.199. The first-order valence-corrected chi connectivity index (χ1v) is 7.93. The summed E-state index contributed by atoms with van der Waals surface area (Å²) in [4.78, 5) is 27.7. The van der Waals surface area contributed by atoms with Crippen molar-refractivity contribution in [1.82, 2.24) is 14.7 Å². The number of anilines is 1. The Morgan fingerprint density at radius 2 is 2.00 bits per heavy atom. The normalized spacial score (nSPS) is 13.1. The smallest absolute Gasteiger partial charge is 0.254 e. The number of rotatable bonds is 4. The zero-order chi connectivity index (χ0) is 18.0. The van der Waals surface area contributed by atoms with Gasteiger partial charge in [-0.05, 0) is 30.3 Å². The number of methoxy groups -OCH3 is 1. The third kappa shape index (κ3) is 3.13. The number of amides is 2. The number of carbonyl (C=O) groups excluding carboxylic acids is 2. The number of aromatic nitrogens is 2. The summed E-state index contributed by atoms with van der Waals surface area (Å²) in [5.74, 6) is 0.437. The minimum Gasteiger partial charge on any atom is -0.493 e. The molecule has 1 aliphatic rings. The van der Waals surface area contributed by atoms with Gasteiger partial charge >= 0.3 is 0 Å². The molecule has 0 bridgehead atoms. The van der Waals surface area contributed by atoms with Gasteiger partial charge in [0, 0.05) is 24.8 Å². The fourth-order valence-corrected chi connectivity index (χ4v) is 2.84. The third-order valence-corrected chi connectivity index (χ3v) is 4.35. The molecule has 7 heteroatoms. The summed E-state index contributed by atoms with van der Waals surface area (Å²) in [5.41, 5.74) is 2.19. The zero-order valence-electron chi connectivity index (χ0n) is 14.3. The van der Waals surface area contributed by atoms with Crippen LogP contribution in [0.25, 0.3) is 0 Å². The summed E-state index contributed by atoms with van der Waals surface area (Å²) in [6.45, 7) is 5.16. The van der Waals surface area contributed by atoms with Crippen LogP contribution in [-0.4, -0.2) is 47.2 Å². The molecule has 3 rings (SSSR count). The van der Waals surface area contributed by atoms with E-state index in [0.29, 0.717) is 36.6 Å². The number of likely N-dealkylation sites (N-methyl/N-ethyl adjacent to an activating group) is 1. The van der Waals surface area contributed by atoms with Crippen molar-refractivity contribution in [3.8, 4) is 5.75 Å². The van der Waals surface area contributed by atoms with Crippen molar-refractivity contribution in [2.75, 3.05) is 25.6 Å². The highest BCUT2D eigenvalue weighted by Crippen LogP contribution is 2.24. The number of ether oxygens (including phenoxy) is 1. The molecule has 0 radical (unpaired) electrons. The molecule has 1 aliphatic heterocycles. The van der Waals surface area contributed by atoms with Gasteiger partial charge < -0.3 is 14.5 Å². The fourth-order valence-electron chi connectivity index (χ4n) is 2.84. The van der Waals surface area contributed by atoms with Crippen molar-refractivity contribution in [2.24, 2.45) is 0 Å². The maximum atomic E-state index is 12.8. The predicted octanol–water partition coefficient (Wildman–Crippen LogP) is 1.70. The van der Waals surface area contributed by atoms with Gasteiger partial charge in [0.25, 0.3) is 5.91 Å². The molecule has 0 fully saturated rings. The van der Waals surface area contributed by atoms with E-state index in [-0.39, 0.29) is 11.8 Å². The molecule has 0 unspecified atom stereocenters. The summed E-state index contributed by atoms with van der Waals surface area (Å²) in [7, 11) is 3.26. The van der Waals surface area contributed by atoms with Gasteiger partial charge in [0.15, 0.2) is 5.75 Å². The SMILES string of the molecule is C=CC(=O)N(C)c1ccc(C(=O)N2CCn3ncc(OC)c3C2)cc1. The van der Waals surface area contributed by atoms with E-state index in [4.69, 9.17) is 4.74 Å². The highest BCUT2D eigenvalue weighted by molar-refractivity contribution is 6.01. The molecule has 2 amide bonds. The molecule has 0 aliphatic carbocycles. The van der Waals surface area contributed by atoms with Crippen molar-refractivity contribution in [1.29, 1.82) is 0 Å². The van der Waals surface area contributed by atoms with Gasteiger partial charge in [0.2, 0.25) is 5.91 Å². The molecular formula is C18H20N4O3. The molecule has 0 N–H and O–H groups in total. The molecule has 0 saturated heterocycles. The van der Waals surface area contributed by atoms with E-state index in [9.17, 15) is 9.59 Å². The van der Waals surface area contributed by atoms with Crippen molar-refractivity contribution in [3.05, 3.63) is 54.4 Å². The predicted molar refractivity (Wildman–Crippen MR) is 93.6 cm³/mol. The monoisotopic (exact) mass is 340 g/mol. The second kappa shape index (κ2) is 6.80. The summed E-state index contributed by atoms with van der Waals surface area (Å²) in [6, 6.07) is 6.97. The average Bonchev–Trinajstić information content (AvgIpc) is 3.08. The van der Waals surface area contributed by atoms with Gasteiger partial charge in [0.1, 0.15) is 0 Å². The van der Waals surface area contributed by atoms with Crippen LogP contribution in [0.15, 0.2) is 43.1 Å². The van der Waals surface area contributed by atoms with Gasteiger partial charge in [-0.2, -0.15) is 5.10 Å². The molecule has 130 valence electrons. The molecular weight excluding hydrogens is 320 g/mol. The van der Waals surface area contributed by atoms with Gasteiger partial charge in [-0.3, -0.25) is 14.3 Å². The fraction of sp³-hybridized carbons (Fsp3) is 0.278. The number of hydrogen-bond donors (Lipinski definition) is 0. The third-order valence-electron chi connectivity index (χ3n) is 4.35. The Labute approximate surface area is 146 Å². The highest BCUT2D eigenvalue weighted by Gasteiger charge is 2.25. The first-order valence-electron chi connectivity index (χ1n) is 7.93. The Kier molecular flexibility index (Phi) is 4.56. The Morgan fingerprint density at radius 1 is 1.28 bits per heavy atom. The number of nitrogens with zero attached hydrogens (tertiary/aromatic N) is 4. The topological polar surface area (TPSA) is 67.7 Å². The van der Waals surface area contributed by atoms with Crippen LogP contribution in [0.5, 0.6) is 5.75 Å². The molecule has 0 spiro atoms. The molecule has 7 nitrogen and oxygen atoms in total. The molecule has 1 aromatic carbocycles. The molecule has 2 heterocycles. The molecule has 1 aromatic heterocycles. The van der Waals surface area contributed by atoms with Gasteiger partial charge in [-0.25, -0.2) is 0 Å². The van der Waals surface area contributed by atoms with Gasteiger partial charge in [-0.15, -0.1) is 0 Å². The summed E-state index contributed by atoms with van der Waals surface area (Å²) >= 11 is 0. The average molecular weight is 340 g/mol. The van der Waals surface area contributed by atoms with Crippen molar-refractivity contribution >= 4 is 17.5 Å². The molecule has 0 saturated carbocycles. The van der Waals surface area contributed by atoms with E-state index in [2.05, 4.69) is 11.7 Å². The van der Waals surface area contributed by atoms with Crippen molar-refractivity contribution in [2.45, 2.75) is 13.1 Å². The summed E-state index contributed by atoms with van der Waals surface area (Å²) < 4.78 is 7.16. The van der Waals surface area contributed by atoms with Crippen LogP contribution in [0.1, 0.15) is 16.1 Å². The maximum Gasteiger partial charge on any atom is 0.254 e. The van der Waals surface area contributed by atoms with Crippen LogP contribution < -0.4 is 9.64 Å². The van der Waals surface area contributed by atoms with Crippen LogP contribution >= 0.6 is 0 Å². The first kappa shape index (κ1) is 16.8. The van der Waals surface area contributed by atoms with Crippen LogP contribution in [-0.2, 0) is 17.9 Å². The van der Waals surface area contributed by atoms with E-state index >= 15 is 0 Å². The van der Waals surface area contributed by atoms with E-state index in [1.54, 1.807) is 49.5 Å². The zero-order valence-corrected chi connectivity index (χ0v) is 14.3. The Hall–Kier alpha value is -3.09. The second-order valence-corrected chi connectivity index (χ2v) is 5.76. The number of carbonyl (C=O) groups is 2.